The summed E-state index contributed by atoms with van der Waals surface area (Å²) >= 11 is 3.04. The number of carbonyl (C=O) groups excluding carboxylic acids is 1. The minimum Gasteiger partial charge on any atom is -0.352 e. The quantitative estimate of drug-likeness (QED) is 0.816. The maximum atomic E-state index is 13.1. The fourth-order valence-electron chi connectivity index (χ4n) is 1.21. The third kappa shape index (κ3) is 5.48. The Morgan fingerprint density at radius 3 is 2.71 bits per heavy atom. The van der Waals surface area contributed by atoms with Gasteiger partial charge in [0.25, 0.3) is 5.91 Å². The van der Waals surface area contributed by atoms with E-state index >= 15 is 0 Å². The highest BCUT2D eigenvalue weighted by molar-refractivity contribution is 9.10. The summed E-state index contributed by atoms with van der Waals surface area (Å²) in [6.07, 6.45) is 0.848. The van der Waals surface area contributed by atoms with Gasteiger partial charge in [0.15, 0.2) is 0 Å². The average Bonchev–Trinajstić information content (AvgIpc) is 2.28. The van der Waals surface area contributed by atoms with Crippen molar-refractivity contribution in [1.82, 2.24) is 10.6 Å². The molecule has 0 aliphatic rings. The summed E-state index contributed by atoms with van der Waals surface area (Å²) in [4.78, 5) is 11.6. The summed E-state index contributed by atoms with van der Waals surface area (Å²) < 4.78 is 13.5. The Morgan fingerprint density at radius 1 is 1.41 bits per heavy atom. The maximum Gasteiger partial charge on any atom is 0.251 e. The van der Waals surface area contributed by atoms with E-state index in [-0.39, 0.29) is 18.3 Å². The number of nitrogens with one attached hydrogen (secondary N) is 2. The number of hydrogen-bond acceptors (Lipinski definition) is 2. The molecule has 6 heteroatoms. The van der Waals surface area contributed by atoms with Crippen LogP contribution in [0.15, 0.2) is 22.7 Å². The van der Waals surface area contributed by atoms with E-state index in [9.17, 15) is 9.18 Å². The van der Waals surface area contributed by atoms with E-state index in [2.05, 4.69) is 26.6 Å². The molecular weight excluding hydrogens is 310 g/mol. The SMILES string of the molecule is CNCCCNC(=O)c1ccc(Br)c(F)c1.Cl. The molecule has 1 aromatic carbocycles. The van der Waals surface area contributed by atoms with Gasteiger partial charge >= 0.3 is 0 Å². The lowest BCUT2D eigenvalue weighted by Gasteiger charge is -2.05. The molecule has 0 aliphatic carbocycles. The zero-order valence-corrected chi connectivity index (χ0v) is 11.8. The first-order valence-electron chi connectivity index (χ1n) is 5.03. The number of rotatable bonds is 5. The van der Waals surface area contributed by atoms with Crippen LogP contribution in [0, 0.1) is 5.82 Å². The number of amides is 1. The Hall–Kier alpha value is -0.650. The maximum absolute atomic E-state index is 13.1. The van der Waals surface area contributed by atoms with E-state index in [4.69, 9.17) is 0 Å². The first-order chi connectivity index (χ1) is 7.65. The van der Waals surface area contributed by atoms with Gasteiger partial charge in [0.05, 0.1) is 4.47 Å². The largest absolute Gasteiger partial charge is 0.352 e. The molecule has 0 unspecified atom stereocenters. The van der Waals surface area contributed by atoms with Crippen molar-refractivity contribution in [2.24, 2.45) is 0 Å². The Kier molecular flexibility index (Phi) is 8.12. The highest BCUT2D eigenvalue weighted by Gasteiger charge is 2.07. The van der Waals surface area contributed by atoms with Crippen molar-refractivity contribution in [3.63, 3.8) is 0 Å². The average molecular weight is 326 g/mol. The normalized spacial score (nSPS) is 9.59. The van der Waals surface area contributed by atoms with Gasteiger partial charge in [0.1, 0.15) is 5.82 Å². The van der Waals surface area contributed by atoms with Crippen molar-refractivity contribution in [2.45, 2.75) is 6.42 Å². The summed E-state index contributed by atoms with van der Waals surface area (Å²) in [6, 6.07) is 4.33. The molecule has 3 nitrogen and oxygen atoms in total. The summed E-state index contributed by atoms with van der Waals surface area (Å²) in [7, 11) is 1.85. The Balaban J connectivity index is 0.00000256. The lowest BCUT2D eigenvalue weighted by molar-refractivity contribution is 0.0953. The lowest BCUT2D eigenvalue weighted by Crippen LogP contribution is -2.26. The van der Waals surface area contributed by atoms with Gasteiger partial charge in [-0.3, -0.25) is 4.79 Å². The predicted octanol–water partition coefficient (Wildman–Crippen LogP) is 2.35. The third-order valence-corrected chi connectivity index (χ3v) is 2.71. The molecule has 1 rings (SSSR count). The first-order valence-corrected chi connectivity index (χ1v) is 5.82. The fourth-order valence-corrected chi connectivity index (χ4v) is 1.45. The molecule has 17 heavy (non-hydrogen) atoms. The molecule has 0 saturated carbocycles. The van der Waals surface area contributed by atoms with Crippen molar-refractivity contribution in [2.75, 3.05) is 20.1 Å². The number of benzene rings is 1. The van der Waals surface area contributed by atoms with Crippen molar-refractivity contribution < 1.29 is 9.18 Å². The molecule has 2 N–H and O–H groups in total. The molecule has 96 valence electrons. The van der Waals surface area contributed by atoms with Crippen LogP contribution in [0.1, 0.15) is 16.8 Å². The van der Waals surface area contributed by atoms with Gasteiger partial charge in [-0.05, 0) is 54.1 Å². The van der Waals surface area contributed by atoms with Gasteiger partial charge < -0.3 is 10.6 Å². The van der Waals surface area contributed by atoms with Crippen LogP contribution in [-0.2, 0) is 0 Å². The lowest BCUT2D eigenvalue weighted by atomic mass is 10.2. The summed E-state index contributed by atoms with van der Waals surface area (Å²) in [5.74, 6) is -0.676. The molecule has 0 aromatic heterocycles. The van der Waals surface area contributed by atoms with Crippen molar-refractivity contribution >= 4 is 34.2 Å². The molecule has 0 bridgehead atoms. The molecule has 0 fully saturated rings. The zero-order chi connectivity index (χ0) is 12.0. The van der Waals surface area contributed by atoms with E-state index < -0.39 is 5.82 Å². The number of carbonyl (C=O) groups is 1. The van der Waals surface area contributed by atoms with E-state index in [1.165, 1.54) is 12.1 Å². The van der Waals surface area contributed by atoms with Gasteiger partial charge in [-0.1, -0.05) is 0 Å². The van der Waals surface area contributed by atoms with E-state index in [1.54, 1.807) is 6.07 Å². The standard InChI is InChI=1S/C11H14BrFN2O.ClH/c1-14-5-2-6-15-11(16)8-3-4-9(12)10(13)7-8;/h3-4,7,14H,2,5-6H2,1H3,(H,15,16);1H. The Bertz CT molecular complexity index is 376. The second kappa shape index (κ2) is 8.44. The van der Waals surface area contributed by atoms with E-state index in [0.29, 0.717) is 16.6 Å². The van der Waals surface area contributed by atoms with E-state index in [0.717, 1.165) is 13.0 Å². The highest BCUT2D eigenvalue weighted by Crippen LogP contribution is 2.16. The zero-order valence-electron chi connectivity index (χ0n) is 9.43. The fraction of sp³-hybridized carbons (Fsp3) is 0.364. The van der Waals surface area contributed by atoms with Crippen molar-refractivity contribution in [1.29, 1.82) is 0 Å². The van der Waals surface area contributed by atoms with Gasteiger partial charge in [0.2, 0.25) is 0 Å². The minimum absolute atomic E-state index is 0. The van der Waals surface area contributed by atoms with Crippen LogP contribution >= 0.6 is 28.3 Å². The van der Waals surface area contributed by atoms with Crippen LogP contribution in [0.3, 0.4) is 0 Å². The summed E-state index contributed by atoms with van der Waals surface area (Å²) in [5, 5.41) is 5.70. The molecular formula is C11H15BrClFN2O. The Morgan fingerprint density at radius 2 is 2.12 bits per heavy atom. The van der Waals surface area contributed by atoms with Crippen LogP contribution in [0.25, 0.3) is 0 Å². The van der Waals surface area contributed by atoms with Crippen molar-refractivity contribution in [3.05, 3.63) is 34.1 Å². The van der Waals surface area contributed by atoms with Crippen LogP contribution in [-0.4, -0.2) is 26.0 Å². The highest BCUT2D eigenvalue weighted by atomic mass is 79.9. The molecule has 0 spiro atoms. The van der Waals surface area contributed by atoms with Crippen LogP contribution in [0.4, 0.5) is 4.39 Å². The predicted molar refractivity (Wildman–Crippen MR) is 72.2 cm³/mol. The van der Waals surface area contributed by atoms with Crippen LogP contribution < -0.4 is 10.6 Å². The molecule has 0 atom stereocenters. The van der Waals surface area contributed by atoms with Crippen LogP contribution in [0.2, 0.25) is 0 Å². The van der Waals surface area contributed by atoms with Gasteiger partial charge in [-0.25, -0.2) is 4.39 Å². The smallest absolute Gasteiger partial charge is 0.251 e. The molecule has 0 saturated heterocycles. The van der Waals surface area contributed by atoms with Gasteiger partial charge in [0, 0.05) is 12.1 Å². The van der Waals surface area contributed by atoms with Gasteiger partial charge in [-0.15, -0.1) is 12.4 Å². The summed E-state index contributed by atoms with van der Waals surface area (Å²) in [6.45, 7) is 1.42. The molecule has 0 aliphatic heterocycles. The second-order valence-electron chi connectivity index (χ2n) is 3.34. The van der Waals surface area contributed by atoms with Gasteiger partial charge in [-0.2, -0.15) is 0 Å². The Labute approximate surface area is 115 Å². The molecule has 0 radical (unpaired) electrons. The molecule has 1 amide bonds. The van der Waals surface area contributed by atoms with E-state index in [1.807, 2.05) is 7.05 Å². The first kappa shape index (κ1) is 16.4. The monoisotopic (exact) mass is 324 g/mol. The third-order valence-electron chi connectivity index (χ3n) is 2.07. The molecule has 1 aromatic rings. The minimum atomic E-state index is -0.428. The van der Waals surface area contributed by atoms with Crippen LogP contribution in [0.5, 0.6) is 0 Å². The molecule has 0 heterocycles. The number of hydrogen-bond donors (Lipinski definition) is 2. The second-order valence-corrected chi connectivity index (χ2v) is 4.20. The van der Waals surface area contributed by atoms with Crippen molar-refractivity contribution in [3.8, 4) is 0 Å². The summed E-state index contributed by atoms with van der Waals surface area (Å²) in [5.41, 5.74) is 0.338. The number of halogens is 3. The topological polar surface area (TPSA) is 41.1 Å².